The number of aromatic nitrogens is 2. The van der Waals surface area contributed by atoms with Gasteiger partial charge in [-0.3, -0.25) is 4.40 Å². The van der Waals surface area contributed by atoms with Crippen LogP contribution < -0.4 is 14.8 Å². The molecule has 0 atom stereocenters. The standard InChI is InChI=1S/C23H21N3O2/c1-15-6-9-18(10-7-15)22-23(26-16(2)4-3-5-21(26)25-22)24-13-17-8-11-19-20(12-17)28-14-27-19/h3-12,24H,13-14H2,1-2H3. The summed E-state index contributed by atoms with van der Waals surface area (Å²) in [6.45, 7) is 5.14. The predicted molar refractivity (Wildman–Crippen MR) is 110 cm³/mol. The Kier molecular flexibility index (Phi) is 3.93. The van der Waals surface area contributed by atoms with E-state index >= 15 is 0 Å². The number of hydrogen-bond donors (Lipinski definition) is 1. The molecule has 1 N–H and O–H groups in total. The first-order chi connectivity index (χ1) is 13.7. The quantitative estimate of drug-likeness (QED) is 0.551. The van der Waals surface area contributed by atoms with Gasteiger partial charge in [-0.1, -0.05) is 42.0 Å². The molecule has 2 aromatic carbocycles. The van der Waals surface area contributed by atoms with Crippen LogP contribution in [0.1, 0.15) is 16.8 Å². The van der Waals surface area contributed by atoms with Gasteiger partial charge in [-0.2, -0.15) is 0 Å². The molecule has 0 saturated heterocycles. The smallest absolute Gasteiger partial charge is 0.231 e. The van der Waals surface area contributed by atoms with Gasteiger partial charge in [-0.05, 0) is 43.7 Å². The van der Waals surface area contributed by atoms with Crippen molar-refractivity contribution < 1.29 is 9.47 Å². The Hall–Kier alpha value is -3.47. The molecule has 0 saturated carbocycles. The van der Waals surface area contributed by atoms with Crippen molar-refractivity contribution in [1.29, 1.82) is 0 Å². The van der Waals surface area contributed by atoms with Crippen molar-refractivity contribution in [3.8, 4) is 22.8 Å². The normalized spacial score (nSPS) is 12.5. The molecule has 5 nitrogen and oxygen atoms in total. The summed E-state index contributed by atoms with van der Waals surface area (Å²) in [5, 5.41) is 3.60. The molecular weight excluding hydrogens is 350 g/mol. The second-order valence-electron chi connectivity index (χ2n) is 7.08. The van der Waals surface area contributed by atoms with E-state index in [0.29, 0.717) is 6.54 Å². The fourth-order valence-corrected chi connectivity index (χ4v) is 3.57. The first-order valence-electron chi connectivity index (χ1n) is 9.36. The van der Waals surface area contributed by atoms with Gasteiger partial charge in [-0.15, -0.1) is 0 Å². The van der Waals surface area contributed by atoms with E-state index in [1.807, 2.05) is 24.3 Å². The molecule has 1 aliphatic heterocycles. The highest BCUT2D eigenvalue weighted by atomic mass is 16.7. The Morgan fingerprint density at radius 3 is 2.64 bits per heavy atom. The number of hydrogen-bond acceptors (Lipinski definition) is 4. The highest BCUT2D eigenvalue weighted by molar-refractivity contribution is 5.77. The Balaban J connectivity index is 1.55. The predicted octanol–water partition coefficient (Wildman–Crippen LogP) is 4.96. The van der Waals surface area contributed by atoms with Crippen molar-refractivity contribution in [1.82, 2.24) is 9.38 Å². The lowest BCUT2D eigenvalue weighted by molar-refractivity contribution is 0.174. The van der Waals surface area contributed by atoms with Gasteiger partial charge in [0.2, 0.25) is 6.79 Å². The minimum Gasteiger partial charge on any atom is -0.454 e. The zero-order chi connectivity index (χ0) is 19.1. The van der Waals surface area contributed by atoms with Crippen molar-refractivity contribution in [2.75, 3.05) is 12.1 Å². The molecule has 3 heterocycles. The maximum atomic E-state index is 5.50. The molecule has 5 rings (SSSR count). The number of imidazole rings is 1. The van der Waals surface area contributed by atoms with Gasteiger partial charge in [-0.25, -0.2) is 4.98 Å². The summed E-state index contributed by atoms with van der Waals surface area (Å²) in [6, 6.07) is 20.7. The van der Waals surface area contributed by atoms with Gasteiger partial charge in [0.25, 0.3) is 0 Å². The summed E-state index contributed by atoms with van der Waals surface area (Å²) in [7, 11) is 0. The molecule has 1 aliphatic rings. The third-order valence-corrected chi connectivity index (χ3v) is 5.06. The molecule has 0 fully saturated rings. The summed E-state index contributed by atoms with van der Waals surface area (Å²) < 4.78 is 13.1. The van der Waals surface area contributed by atoms with Gasteiger partial charge in [0, 0.05) is 17.8 Å². The lowest BCUT2D eigenvalue weighted by Crippen LogP contribution is -2.05. The van der Waals surface area contributed by atoms with Gasteiger partial charge < -0.3 is 14.8 Å². The molecule has 0 amide bonds. The van der Waals surface area contributed by atoms with E-state index in [1.54, 1.807) is 0 Å². The van der Waals surface area contributed by atoms with Gasteiger partial charge >= 0.3 is 0 Å². The van der Waals surface area contributed by atoms with Gasteiger partial charge in [0.1, 0.15) is 17.2 Å². The SMILES string of the molecule is Cc1ccc(-c2nc3cccc(C)n3c2NCc2ccc3c(c2)OCO3)cc1. The zero-order valence-electron chi connectivity index (χ0n) is 15.9. The van der Waals surface area contributed by atoms with Crippen LogP contribution in [0.4, 0.5) is 5.82 Å². The van der Waals surface area contributed by atoms with Crippen LogP contribution in [0.2, 0.25) is 0 Å². The maximum Gasteiger partial charge on any atom is 0.231 e. The molecule has 2 aromatic heterocycles. The first kappa shape index (κ1) is 16.7. The number of anilines is 1. The summed E-state index contributed by atoms with van der Waals surface area (Å²) in [5.41, 5.74) is 6.48. The molecule has 0 radical (unpaired) electrons. The number of fused-ring (bicyclic) bond motifs is 2. The van der Waals surface area contributed by atoms with Crippen LogP contribution in [0, 0.1) is 13.8 Å². The first-order valence-corrected chi connectivity index (χ1v) is 9.36. The van der Waals surface area contributed by atoms with E-state index in [9.17, 15) is 0 Å². The van der Waals surface area contributed by atoms with Crippen LogP contribution in [-0.2, 0) is 6.54 Å². The average molecular weight is 371 g/mol. The molecule has 0 bridgehead atoms. The Morgan fingerprint density at radius 2 is 1.79 bits per heavy atom. The van der Waals surface area contributed by atoms with Gasteiger partial charge in [0.15, 0.2) is 11.5 Å². The fraction of sp³-hybridized carbons (Fsp3) is 0.174. The van der Waals surface area contributed by atoms with E-state index in [0.717, 1.165) is 45.5 Å². The summed E-state index contributed by atoms with van der Waals surface area (Å²) in [5.74, 6) is 2.59. The number of nitrogens with one attached hydrogen (secondary N) is 1. The number of nitrogens with zero attached hydrogens (tertiary/aromatic N) is 2. The minimum absolute atomic E-state index is 0.288. The zero-order valence-corrected chi connectivity index (χ0v) is 15.9. The largest absolute Gasteiger partial charge is 0.454 e. The number of rotatable bonds is 4. The Bertz CT molecular complexity index is 1160. The van der Waals surface area contributed by atoms with Crippen molar-refractivity contribution >= 4 is 11.5 Å². The number of ether oxygens (including phenoxy) is 2. The lowest BCUT2D eigenvalue weighted by Gasteiger charge is -2.11. The van der Waals surface area contributed by atoms with Crippen LogP contribution in [0.15, 0.2) is 60.7 Å². The van der Waals surface area contributed by atoms with Crippen molar-refractivity contribution in [2.45, 2.75) is 20.4 Å². The fourth-order valence-electron chi connectivity index (χ4n) is 3.57. The van der Waals surface area contributed by atoms with Crippen LogP contribution in [0.3, 0.4) is 0 Å². The molecule has 0 spiro atoms. The Morgan fingerprint density at radius 1 is 0.964 bits per heavy atom. The third kappa shape index (κ3) is 2.85. The van der Waals surface area contributed by atoms with Crippen LogP contribution in [0.25, 0.3) is 16.9 Å². The minimum atomic E-state index is 0.288. The third-order valence-electron chi connectivity index (χ3n) is 5.06. The summed E-state index contributed by atoms with van der Waals surface area (Å²) in [6.07, 6.45) is 0. The van der Waals surface area contributed by atoms with E-state index in [2.05, 4.69) is 60.0 Å². The molecule has 4 aromatic rings. The van der Waals surface area contributed by atoms with Crippen LogP contribution >= 0.6 is 0 Å². The lowest BCUT2D eigenvalue weighted by atomic mass is 10.1. The van der Waals surface area contributed by atoms with E-state index in [1.165, 1.54) is 5.56 Å². The summed E-state index contributed by atoms with van der Waals surface area (Å²) in [4.78, 5) is 4.90. The number of benzene rings is 2. The summed E-state index contributed by atoms with van der Waals surface area (Å²) >= 11 is 0. The highest BCUT2D eigenvalue weighted by Crippen LogP contribution is 2.34. The average Bonchev–Trinajstić information content (AvgIpc) is 3.31. The molecular formula is C23H21N3O2. The van der Waals surface area contributed by atoms with E-state index in [4.69, 9.17) is 14.5 Å². The van der Waals surface area contributed by atoms with E-state index in [-0.39, 0.29) is 6.79 Å². The second-order valence-corrected chi connectivity index (χ2v) is 7.08. The molecule has 0 unspecified atom stereocenters. The van der Waals surface area contributed by atoms with Crippen molar-refractivity contribution in [3.63, 3.8) is 0 Å². The van der Waals surface area contributed by atoms with Gasteiger partial charge in [0.05, 0.1) is 0 Å². The van der Waals surface area contributed by atoms with E-state index < -0.39 is 0 Å². The topological polar surface area (TPSA) is 47.8 Å². The van der Waals surface area contributed by atoms with Crippen LogP contribution in [-0.4, -0.2) is 16.2 Å². The van der Waals surface area contributed by atoms with Crippen molar-refractivity contribution in [3.05, 3.63) is 77.5 Å². The maximum absolute atomic E-state index is 5.50. The van der Waals surface area contributed by atoms with Crippen molar-refractivity contribution in [2.24, 2.45) is 0 Å². The Labute approximate surface area is 163 Å². The monoisotopic (exact) mass is 371 g/mol. The number of pyridine rings is 1. The molecule has 140 valence electrons. The second kappa shape index (κ2) is 6.60. The molecule has 28 heavy (non-hydrogen) atoms. The molecule has 5 heteroatoms. The highest BCUT2D eigenvalue weighted by Gasteiger charge is 2.17. The van der Waals surface area contributed by atoms with Crippen LogP contribution in [0.5, 0.6) is 11.5 Å². The number of aryl methyl sites for hydroxylation is 2. The molecule has 0 aliphatic carbocycles.